The number of hydrogen-bond donors (Lipinski definition) is 0. The molecule has 0 saturated carbocycles. The van der Waals surface area contributed by atoms with Gasteiger partial charge in [0.15, 0.2) is 0 Å². The Morgan fingerprint density at radius 3 is 2.73 bits per heavy atom. The van der Waals surface area contributed by atoms with Gasteiger partial charge in [-0.05, 0) is 42.9 Å². The Labute approximate surface area is 166 Å². The largest absolute Gasteiger partial charge is 0.492 e. The minimum absolute atomic E-state index is 0.0469. The second-order valence-corrected chi connectivity index (χ2v) is 8.30. The van der Waals surface area contributed by atoms with Gasteiger partial charge in [-0.2, -0.15) is 0 Å². The fourth-order valence-corrected chi connectivity index (χ4v) is 5.00. The molecule has 3 atom stereocenters. The van der Waals surface area contributed by atoms with Gasteiger partial charge in [-0.3, -0.25) is 9.69 Å². The summed E-state index contributed by atoms with van der Waals surface area (Å²) in [5.41, 5.74) is 1.27. The molecule has 0 N–H and O–H groups in total. The maximum absolute atomic E-state index is 13.1. The normalized spacial score (nSPS) is 27.4. The quantitative estimate of drug-likeness (QED) is 0.653. The monoisotopic (exact) mass is 435 g/mol. The van der Waals surface area contributed by atoms with E-state index in [2.05, 4.69) is 20.8 Å². The molecule has 0 aliphatic carbocycles. The summed E-state index contributed by atoms with van der Waals surface area (Å²) in [6.45, 7) is 1.02. The van der Waals surface area contributed by atoms with Crippen molar-refractivity contribution in [2.75, 3.05) is 27.3 Å². The lowest BCUT2D eigenvalue weighted by molar-refractivity contribution is -0.159. The molecule has 6 heteroatoms. The molecule has 26 heavy (non-hydrogen) atoms. The van der Waals surface area contributed by atoms with Crippen molar-refractivity contribution >= 4 is 33.5 Å². The zero-order valence-corrected chi connectivity index (χ0v) is 16.9. The van der Waals surface area contributed by atoms with Crippen molar-refractivity contribution in [2.24, 2.45) is 5.41 Å². The molecule has 1 fully saturated rings. The lowest BCUT2D eigenvalue weighted by Gasteiger charge is -2.42. The van der Waals surface area contributed by atoms with Gasteiger partial charge in [0.05, 0.1) is 13.2 Å². The van der Waals surface area contributed by atoms with Gasteiger partial charge in [-0.1, -0.05) is 39.7 Å². The summed E-state index contributed by atoms with van der Waals surface area (Å²) >= 11 is 9.60. The lowest BCUT2D eigenvalue weighted by Crippen LogP contribution is -2.48. The zero-order valence-electron chi connectivity index (χ0n) is 14.5. The summed E-state index contributed by atoms with van der Waals surface area (Å²) in [5, 5.41) is 0.679. The zero-order chi connectivity index (χ0) is 18.5. The topological polar surface area (TPSA) is 38.8 Å². The van der Waals surface area contributed by atoms with E-state index in [1.807, 2.05) is 49.5 Å². The SMILES string of the molecule is COC(=O)[C@]12COc3ccc(Br)cc3[C@H]1N(C)C[C@H]2c1ccc(Cl)cc1. The first kappa shape index (κ1) is 17.8. The van der Waals surface area contributed by atoms with E-state index in [0.29, 0.717) is 5.02 Å². The van der Waals surface area contributed by atoms with Crippen LogP contribution in [-0.4, -0.2) is 38.2 Å². The van der Waals surface area contributed by atoms with E-state index in [-0.39, 0.29) is 24.5 Å². The molecular formula is C20H19BrClNO3. The van der Waals surface area contributed by atoms with Gasteiger partial charge >= 0.3 is 5.97 Å². The fraction of sp³-hybridized carbons (Fsp3) is 0.350. The minimum atomic E-state index is -0.800. The van der Waals surface area contributed by atoms with Crippen molar-refractivity contribution in [1.29, 1.82) is 0 Å². The highest BCUT2D eigenvalue weighted by atomic mass is 79.9. The maximum atomic E-state index is 13.1. The number of rotatable bonds is 2. The molecule has 2 aliphatic rings. The first-order valence-corrected chi connectivity index (χ1v) is 9.61. The second kappa shape index (κ2) is 6.55. The molecule has 4 nitrogen and oxygen atoms in total. The molecule has 0 aromatic heterocycles. The number of hydrogen-bond acceptors (Lipinski definition) is 4. The summed E-state index contributed by atoms with van der Waals surface area (Å²) in [7, 11) is 3.50. The summed E-state index contributed by atoms with van der Waals surface area (Å²) in [4.78, 5) is 15.3. The molecule has 2 aromatic rings. The Hall–Kier alpha value is -1.56. The number of ether oxygens (including phenoxy) is 2. The standard InChI is InChI=1S/C20H19BrClNO3/c1-23-10-16(12-3-6-14(22)7-4-12)20(19(24)25-2)11-26-17-8-5-13(21)9-15(17)18(20)23/h3-9,16,18H,10-11H2,1-2H3/t16-,18+,20-/m0/s1. The number of methoxy groups -OCH3 is 1. The number of fused-ring (bicyclic) bond motifs is 3. The van der Waals surface area contributed by atoms with Crippen LogP contribution in [0.1, 0.15) is 23.1 Å². The van der Waals surface area contributed by atoms with Crippen LogP contribution in [0.3, 0.4) is 0 Å². The molecule has 0 amide bonds. The van der Waals surface area contributed by atoms with Crippen molar-refractivity contribution in [3.05, 3.63) is 63.1 Å². The van der Waals surface area contributed by atoms with E-state index in [4.69, 9.17) is 21.1 Å². The summed E-state index contributed by atoms with van der Waals surface area (Å²) in [6.07, 6.45) is 0. The van der Waals surface area contributed by atoms with E-state index in [1.54, 1.807) is 0 Å². The van der Waals surface area contributed by atoms with Crippen LogP contribution in [0.5, 0.6) is 5.75 Å². The highest BCUT2D eigenvalue weighted by molar-refractivity contribution is 9.10. The first-order valence-electron chi connectivity index (χ1n) is 8.43. The molecule has 4 rings (SSSR count). The van der Waals surface area contributed by atoms with Gasteiger partial charge in [-0.15, -0.1) is 0 Å². The average molecular weight is 437 g/mol. The third kappa shape index (κ3) is 2.56. The van der Waals surface area contributed by atoms with E-state index in [9.17, 15) is 4.79 Å². The van der Waals surface area contributed by atoms with Crippen LogP contribution >= 0.6 is 27.5 Å². The summed E-state index contributed by atoms with van der Waals surface area (Å²) in [5.74, 6) is 0.535. The number of benzene rings is 2. The molecule has 0 spiro atoms. The van der Waals surface area contributed by atoms with Gasteiger partial charge in [0.2, 0.25) is 0 Å². The highest BCUT2D eigenvalue weighted by Gasteiger charge is 2.62. The molecule has 2 aliphatic heterocycles. The van der Waals surface area contributed by atoms with Crippen LogP contribution in [0.15, 0.2) is 46.9 Å². The van der Waals surface area contributed by atoms with E-state index in [1.165, 1.54) is 7.11 Å². The molecule has 136 valence electrons. The number of likely N-dealkylation sites (tertiary alicyclic amines) is 1. The average Bonchev–Trinajstić information content (AvgIpc) is 2.95. The van der Waals surface area contributed by atoms with E-state index < -0.39 is 5.41 Å². The highest BCUT2D eigenvalue weighted by Crippen LogP contribution is 2.59. The number of halogens is 2. The number of nitrogens with zero attached hydrogens (tertiary/aromatic N) is 1. The Bertz CT molecular complexity index is 857. The molecule has 0 radical (unpaired) electrons. The van der Waals surface area contributed by atoms with Gasteiger partial charge < -0.3 is 9.47 Å². The third-order valence-electron chi connectivity index (χ3n) is 5.59. The van der Waals surface area contributed by atoms with Gasteiger partial charge in [0.1, 0.15) is 17.8 Å². The van der Waals surface area contributed by atoms with Crippen molar-refractivity contribution in [3.63, 3.8) is 0 Å². The van der Waals surface area contributed by atoms with Crippen LogP contribution in [0.2, 0.25) is 5.02 Å². The number of carbonyl (C=O) groups excluding carboxylic acids is 1. The number of esters is 1. The summed E-state index contributed by atoms with van der Waals surface area (Å²) in [6, 6.07) is 13.5. The molecule has 0 bridgehead atoms. The lowest BCUT2D eigenvalue weighted by atomic mass is 9.68. The smallest absolute Gasteiger partial charge is 0.317 e. The first-order chi connectivity index (χ1) is 12.5. The molecule has 1 saturated heterocycles. The van der Waals surface area contributed by atoms with Crippen LogP contribution in [0, 0.1) is 5.41 Å². The Balaban J connectivity index is 1.89. The number of carbonyl (C=O) groups is 1. The second-order valence-electron chi connectivity index (χ2n) is 6.95. The van der Waals surface area contributed by atoms with Crippen molar-refractivity contribution in [3.8, 4) is 5.75 Å². The maximum Gasteiger partial charge on any atom is 0.317 e. The Morgan fingerprint density at radius 1 is 1.31 bits per heavy atom. The van der Waals surface area contributed by atoms with Crippen LogP contribution < -0.4 is 4.74 Å². The van der Waals surface area contributed by atoms with Crippen molar-refractivity contribution < 1.29 is 14.3 Å². The predicted molar refractivity (Wildman–Crippen MR) is 104 cm³/mol. The molecular weight excluding hydrogens is 418 g/mol. The van der Waals surface area contributed by atoms with Gasteiger partial charge in [0.25, 0.3) is 0 Å². The fourth-order valence-electron chi connectivity index (χ4n) is 4.50. The molecule has 0 unspecified atom stereocenters. The van der Waals surface area contributed by atoms with Gasteiger partial charge in [-0.25, -0.2) is 0 Å². The van der Waals surface area contributed by atoms with Crippen molar-refractivity contribution in [1.82, 2.24) is 4.90 Å². The predicted octanol–water partition coefficient (Wildman–Crippen LogP) is 4.42. The number of likely N-dealkylation sites (N-methyl/N-ethyl adjacent to an activating group) is 1. The van der Waals surface area contributed by atoms with Crippen molar-refractivity contribution in [2.45, 2.75) is 12.0 Å². The van der Waals surface area contributed by atoms with Gasteiger partial charge in [0, 0.05) is 27.5 Å². The van der Waals surface area contributed by atoms with Crippen LogP contribution in [-0.2, 0) is 9.53 Å². The Kier molecular flexibility index (Phi) is 4.49. The van der Waals surface area contributed by atoms with Crippen LogP contribution in [0.4, 0.5) is 0 Å². The third-order valence-corrected chi connectivity index (χ3v) is 6.34. The molecule has 2 aromatic carbocycles. The van der Waals surface area contributed by atoms with Crippen LogP contribution in [0.25, 0.3) is 0 Å². The van der Waals surface area contributed by atoms with E-state index >= 15 is 0 Å². The minimum Gasteiger partial charge on any atom is -0.492 e. The summed E-state index contributed by atoms with van der Waals surface area (Å²) < 4.78 is 12.3. The Morgan fingerprint density at radius 2 is 2.04 bits per heavy atom. The van der Waals surface area contributed by atoms with E-state index in [0.717, 1.165) is 27.9 Å². The molecule has 2 heterocycles.